The fraction of sp³-hybridized carbons (Fsp3) is 0.333. The number of ether oxygens (including phenoxy) is 1. The fourth-order valence-corrected chi connectivity index (χ4v) is 2.51. The Bertz CT molecular complexity index is 731. The largest absolute Gasteiger partial charge is 0.467 e. The van der Waals surface area contributed by atoms with Crippen molar-refractivity contribution in [3.05, 3.63) is 29.3 Å². The first-order chi connectivity index (χ1) is 12.0. The zero-order chi connectivity index (χ0) is 18.2. The van der Waals surface area contributed by atoms with E-state index in [1.807, 2.05) is 14.1 Å². The molecule has 0 bridgehead atoms. The van der Waals surface area contributed by atoms with Gasteiger partial charge in [-0.15, -0.1) is 0 Å². The molecule has 0 aliphatic heterocycles. The third-order valence-electron chi connectivity index (χ3n) is 2.88. The maximum Gasteiger partial charge on any atom is 0.322 e. The Morgan fingerprint density at radius 2 is 2.12 bits per heavy atom. The highest BCUT2D eigenvalue weighted by Gasteiger charge is 2.09. The summed E-state index contributed by atoms with van der Waals surface area (Å²) >= 11 is 7.03. The van der Waals surface area contributed by atoms with E-state index in [1.54, 1.807) is 29.2 Å². The van der Waals surface area contributed by atoms with Crippen LogP contribution in [0.4, 0.5) is 22.4 Å². The molecule has 1 amide bonds. The molecule has 0 atom stereocenters. The summed E-state index contributed by atoms with van der Waals surface area (Å²) in [7, 11) is 5.15. The quantitative estimate of drug-likeness (QED) is 0.706. The minimum atomic E-state index is -0.161. The number of nitrogens with one attached hydrogen (secondary N) is 2. The number of carbonyl (C=O) groups excluding carboxylic acids is 1. The van der Waals surface area contributed by atoms with Crippen molar-refractivity contribution in [3.8, 4) is 6.01 Å². The molecule has 0 saturated heterocycles. The van der Waals surface area contributed by atoms with E-state index < -0.39 is 0 Å². The summed E-state index contributed by atoms with van der Waals surface area (Å²) in [5.41, 5.74) is 0.663. The Balaban J connectivity index is 1.80. The Labute approximate surface area is 155 Å². The number of methoxy groups -OCH3 is 1. The monoisotopic (exact) mass is 382 g/mol. The first kappa shape index (κ1) is 19.1. The number of halogens is 1. The molecular formula is C15H19ClN6O2S. The first-order valence-electron chi connectivity index (χ1n) is 7.38. The second-order valence-corrected chi connectivity index (χ2v) is 6.54. The Hall–Kier alpha value is -2.26. The van der Waals surface area contributed by atoms with Crippen LogP contribution in [0.2, 0.25) is 5.02 Å². The zero-order valence-electron chi connectivity index (χ0n) is 14.1. The van der Waals surface area contributed by atoms with Crippen LogP contribution >= 0.6 is 23.4 Å². The van der Waals surface area contributed by atoms with Crippen LogP contribution in [0.1, 0.15) is 0 Å². The number of hydrogen-bond donors (Lipinski definition) is 2. The van der Waals surface area contributed by atoms with Crippen LogP contribution in [0.15, 0.2) is 24.3 Å². The van der Waals surface area contributed by atoms with Crippen molar-refractivity contribution in [2.45, 2.75) is 0 Å². The lowest BCUT2D eigenvalue weighted by atomic mass is 10.3. The summed E-state index contributed by atoms with van der Waals surface area (Å²) in [5.74, 6) is 1.42. The van der Waals surface area contributed by atoms with Gasteiger partial charge in [-0.1, -0.05) is 29.4 Å². The molecule has 25 heavy (non-hydrogen) atoms. The maximum atomic E-state index is 11.9. The van der Waals surface area contributed by atoms with Crippen LogP contribution in [0, 0.1) is 0 Å². The molecule has 0 fully saturated rings. The SMILES string of the molecule is COc1nc(NCCSC(=O)Nc2cccc(Cl)c2)nc(N(C)C)n1. The van der Waals surface area contributed by atoms with Gasteiger partial charge in [-0.3, -0.25) is 4.79 Å². The number of thioether (sulfide) groups is 1. The second-order valence-electron chi connectivity index (χ2n) is 5.04. The Morgan fingerprint density at radius 3 is 2.80 bits per heavy atom. The summed E-state index contributed by atoms with van der Waals surface area (Å²) in [6.45, 7) is 0.508. The van der Waals surface area contributed by atoms with Crippen LogP contribution in [0.25, 0.3) is 0 Å². The fourth-order valence-electron chi connectivity index (χ4n) is 1.74. The molecule has 2 rings (SSSR count). The van der Waals surface area contributed by atoms with Gasteiger partial charge in [-0.2, -0.15) is 15.0 Å². The molecule has 1 aromatic heterocycles. The van der Waals surface area contributed by atoms with Crippen molar-refractivity contribution in [2.75, 3.05) is 49.0 Å². The van der Waals surface area contributed by atoms with Crippen molar-refractivity contribution in [3.63, 3.8) is 0 Å². The van der Waals surface area contributed by atoms with Gasteiger partial charge in [-0.05, 0) is 18.2 Å². The predicted molar refractivity (Wildman–Crippen MR) is 102 cm³/mol. The molecule has 0 aliphatic carbocycles. The standard InChI is InChI=1S/C15H19ClN6O2S/c1-22(2)13-19-12(20-14(21-13)24-3)17-7-8-25-15(23)18-11-6-4-5-10(16)9-11/h4-6,9H,7-8H2,1-3H3,(H,18,23)(H,17,19,20,21). The van der Waals surface area contributed by atoms with E-state index in [-0.39, 0.29) is 11.2 Å². The van der Waals surface area contributed by atoms with Gasteiger partial charge >= 0.3 is 6.01 Å². The molecule has 1 aromatic carbocycles. The van der Waals surface area contributed by atoms with Gasteiger partial charge in [0.05, 0.1) is 7.11 Å². The Kier molecular flexibility index (Phi) is 7.08. The van der Waals surface area contributed by atoms with E-state index in [1.165, 1.54) is 7.11 Å². The highest BCUT2D eigenvalue weighted by Crippen LogP contribution is 2.17. The number of hydrogen-bond acceptors (Lipinski definition) is 8. The van der Waals surface area contributed by atoms with E-state index >= 15 is 0 Å². The van der Waals surface area contributed by atoms with Gasteiger partial charge in [0.2, 0.25) is 11.9 Å². The van der Waals surface area contributed by atoms with Crippen LogP contribution in [0.5, 0.6) is 6.01 Å². The van der Waals surface area contributed by atoms with Crippen molar-refractivity contribution in [1.82, 2.24) is 15.0 Å². The van der Waals surface area contributed by atoms with E-state index in [0.29, 0.717) is 34.9 Å². The van der Waals surface area contributed by atoms with Gasteiger partial charge in [0.15, 0.2) is 0 Å². The van der Waals surface area contributed by atoms with Crippen molar-refractivity contribution in [1.29, 1.82) is 0 Å². The molecule has 2 N–H and O–H groups in total. The van der Waals surface area contributed by atoms with E-state index in [0.717, 1.165) is 11.8 Å². The number of aromatic nitrogens is 3. The van der Waals surface area contributed by atoms with Crippen LogP contribution in [0.3, 0.4) is 0 Å². The van der Waals surface area contributed by atoms with Crippen LogP contribution < -0.4 is 20.3 Å². The molecule has 8 nitrogen and oxygen atoms in total. The van der Waals surface area contributed by atoms with Crippen molar-refractivity contribution in [2.24, 2.45) is 0 Å². The number of rotatable bonds is 7. The molecule has 10 heteroatoms. The zero-order valence-corrected chi connectivity index (χ0v) is 15.7. The molecule has 2 aromatic rings. The predicted octanol–water partition coefficient (Wildman–Crippen LogP) is 2.98. The van der Waals surface area contributed by atoms with Crippen LogP contribution in [-0.4, -0.2) is 53.7 Å². The maximum absolute atomic E-state index is 11.9. The van der Waals surface area contributed by atoms with Crippen molar-refractivity contribution >= 4 is 46.2 Å². The lowest BCUT2D eigenvalue weighted by Crippen LogP contribution is -2.17. The lowest BCUT2D eigenvalue weighted by Gasteiger charge is -2.12. The summed E-state index contributed by atoms with van der Waals surface area (Å²) < 4.78 is 5.06. The van der Waals surface area contributed by atoms with Gasteiger partial charge in [0, 0.05) is 37.1 Å². The number of benzene rings is 1. The van der Waals surface area contributed by atoms with Crippen LogP contribution in [-0.2, 0) is 0 Å². The van der Waals surface area contributed by atoms with E-state index in [2.05, 4.69) is 25.6 Å². The minimum Gasteiger partial charge on any atom is -0.467 e. The molecule has 1 heterocycles. The Morgan fingerprint density at radius 1 is 1.32 bits per heavy atom. The summed E-state index contributed by atoms with van der Waals surface area (Å²) in [4.78, 5) is 26.2. The smallest absolute Gasteiger partial charge is 0.322 e. The average Bonchev–Trinajstić information content (AvgIpc) is 2.58. The molecule has 0 saturated carbocycles. The molecule has 0 spiro atoms. The summed E-state index contributed by atoms with van der Waals surface area (Å²) in [5, 5.41) is 6.23. The number of carbonyl (C=O) groups is 1. The molecular weight excluding hydrogens is 364 g/mol. The van der Waals surface area contributed by atoms with Crippen molar-refractivity contribution < 1.29 is 9.53 Å². The highest BCUT2D eigenvalue weighted by atomic mass is 35.5. The molecule has 0 unspecified atom stereocenters. The normalized spacial score (nSPS) is 10.2. The summed E-state index contributed by atoms with van der Waals surface area (Å²) in [6.07, 6.45) is 0. The van der Waals surface area contributed by atoms with Gasteiger partial charge in [0.25, 0.3) is 5.24 Å². The molecule has 0 aliphatic rings. The topological polar surface area (TPSA) is 92.3 Å². The molecule has 134 valence electrons. The van der Waals surface area contributed by atoms with Gasteiger partial charge in [0.1, 0.15) is 0 Å². The summed E-state index contributed by atoms with van der Waals surface area (Å²) in [6, 6.07) is 7.23. The number of anilines is 3. The first-order valence-corrected chi connectivity index (χ1v) is 8.75. The van der Waals surface area contributed by atoms with E-state index in [4.69, 9.17) is 16.3 Å². The van der Waals surface area contributed by atoms with Gasteiger partial charge in [-0.25, -0.2) is 0 Å². The third-order valence-corrected chi connectivity index (χ3v) is 3.88. The van der Waals surface area contributed by atoms with E-state index in [9.17, 15) is 4.79 Å². The molecule has 0 radical (unpaired) electrons. The third kappa shape index (κ3) is 6.28. The highest BCUT2D eigenvalue weighted by molar-refractivity contribution is 8.13. The number of amides is 1. The average molecular weight is 383 g/mol. The van der Waals surface area contributed by atoms with Gasteiger partial charge < -0.3 is 20.3 Å². The number of nitrogens with zero attached hydrogens (tertiary/aromatic N) is 4. The minimum absolute atomic E-state index is 0.161. The second kappa shape index (κ2) is 9.28. The lowest BCUT2D eigenvalue weighted by molar-refractivity contribution is 0.270.